The SMILES string of the molecule is O=C(NCCCN1CCOCC1)c1cc(Cl)ncc1Cl. The second kappa shape index (κ2) is 7.78. The van der Waals surface area contributed by atoms with Crippen molar-refractivity contribution in [2.75, 3.05) is 39.4 Å². The Morgan fingerprint density at radius 2 is 2.15 bits per heavy atom. The van der Waals surface area contributed by atoms with Gasteiger partial charge in [-0.05, 0) is 19.0 Å². The Hall–Kier alpha value is -0.880. The minimum atomic E-state index is -0.221. The molecule has 0 unspecified atom stereocenters. The summed E-state index contributed by atoms with van der Waals surface area (Å²) < 4.78 is 5.28. The van der Waals surface area contributed by atoms with Gasteiger partial charge in [-0.1, -0.05) is 23.2 Å². The highest BCUT2D eigenvalue weighted by molar-refractivity contribution is 6.35. The molecule has 0 saturated carbocycles. The van der Waals surface area contributed by atoms with Crippen molar-refractivity contribution in [2.24, 2.45) is 0 Å². The number of halogens is 2. The maximum absolute atomic E-state index is 12.0. The zero-order chi connectivity index (χ0) is 14.4. The molecule has 0 spiro atoms. The maximum Gasteiger partial charge on any atom is 0.252 e. The van der Waals surface area contributed by atoms with Crippen molar-refractivity contribution in [3.63, 3.8) is 0 Å². The van der Waals surface area contributed by atoms with E-state index in [4.69, 9.17) is 27.9 Å². The summed E-state index contributed by atoms with van der Waals surface area (Å²) in [6.45, 7) is 5.05. The number of aromatic nitrogens is 1. The molecule has 20 heavy (non-hydrogen) atoms. The van der Waals surface area contributed by atoms with Gasteiger partial charge in [-0.15, -0.1) is 0 Å². The highest BCUT2D eigenvalue weighted by Crippen LogP contribution is 2.17. The predicted octanol–water partition coefficient (Wildman–Crippen LogP) is 1.84. The van der Waals surface area contributed by atoms with Crippen molar-refractivity contribution in [2.45, 2.75) is 6.42 Å². The molecule has 110 valence electrons. The molecule has 1 fully saturated rings. The van der Waals surface area contributed by atoms with Gasteiger partial charge in [-0.2, -0.15) is 0 Å². The molecule has 2 heterocycles. The number of nitrogens with zero attached hydrogens (tertiary/aromatic N) is 2. The molecule has 1 N–H and O–H groups in total. The van der Waals surface area contributed by atoms with E-state index in [9.17, 15) is 4.79 Å². The average Bonchev–Trinajstić information content (AvgIpc) is 2.47. The molecule has 1 saturated heterocycles. The van der Waals surface area contributed by atoms with Crippen LogP contribution in [-0.2, 0) is 4.74 Å². The van der Waals surface area contributed by atoms with Crippen LogP contribution in [0.15, 0.2) is 12.3 Å². The molecule has 0 aromatic carbocycles. The second-order valence-corrected chi connectivity index (χ2v) is 5.34. The highest BCUT2D eigenvalue weighted by Gasteiger charge is 2.12. The van der Waals surface area contributed by atoms with E-state index in [1.807, 2.05) is 0 Å². The van der Waals surface area contributed by atoms with Gasteiger partial charge < -0.3 is 10.1 Å². The Labute approximate surface area is 128 Å². The molecule has 7 heteroatoms. The van der Waals surface area contributed by atoms with Gasteiger partial charge in [0.25, 0.3) is 5.91 Å². The Morgan fingerprint density at radius 3 is 2.90 bits per heavy atom. The van der Waals surface area contributed by atoms with E-state index in [2.05, 4.69) is 15.2 Å². The van der Waals surface area contributed by atoms with Crippen molar-refractivity contribution in [3.8, 4) is 0 Å². The monoisotopic (exact) mass is 317 g/mol. The van der Waals surface area contributed by atoms with Crippen LogP contribution in [0, 0.1) is 0 Å². The first kappa shape index (κ1) is 15.5. The fraction of sp³-hybridized carbons (Fsp3) is 0.538. The van der Waals surface area contributed by atoms with Crippen LogP contribution < -0.4 is 5.32 Å². The van der Waals surface area contributed by atoms with Crippen molar-refractivity contribution in [3.05, 3.63) is 28.0 Å². The van der Waals surface area contributed by atoms with Crippen molar-refractivity contribution < 1.29 is 9.53 Å². The van der Waals surface area contributed by atoms with Crippen LogP contribution in [-0.4, -0.2) is 55.2 Å². The number of amides is 1. The quantitative estimate of drug-likeness (QED) is 0.665. The van der Waals surface area contributed by atoms with Gasteiger partial charge in [0, 0.05) is 25.8 Å². The number of carbonyl (C=O) groups is 1. The fourth-order valence-corrected chi connectivity index (χ4v) is 2.36. The number of hydrogen-bond donors (Lipinski definition) is 1. The first-order valence-electron chi connectivity index (χ1n) is 6.56. The third-order valence-electron chi connectivity index (χ3n) is 3.11. The van der Waals surface area contributed by atoms with Crippen LogP contribution in [0.1, 0.15) is 16.8 Å². The van der Waals surface area contributed by atoms with Crippen LogP contribution in [0.2, 0.25) is 10.2 Å². The van der Waals surface area contributed by atoms with E-state index in [0.717, 1.165) is 39.3 Å². The van der Waals surface area contributed by atoms with Gasteiger partial charge in [-0.3, -0.25) is 9.69 Å². The summed E-state index contributed by atoms with van der Waals surface area (Å²) in [6.07, 6.45) is 2.27. The number of ether oxygens (including phenoxy) is 1. The zero-order valence-corrected chi connectivity index (χ0v) is 12.6. The average molecular weight is 318 g/mol. The van der Waals surface area contributed by atoms with Crippen LogP contribution in [0.3, 0.4) is 0 Å². The Morgan fingerprint density at radius 1 is 1.40 bits per heavy atom. The molecule has 0 aliphatic carbocycles. The Balaban J connectivity index is 1.73. The number of rotatable bonds is 5. The third-order valence-corrected chi connectivity index (χ3v) is 3.61. The van der Waals surface area contributed by atoms with Gasteiger partial charge >= 0.3 is 0 Å². The summed E-state index contributed by atoms with van der Waals surface area (Å²) in [6, 6.07) is 1.47. The van der Waals surface area contributed by atoms with Crippen LogP contribution >= 0.6 is 23.2 Å². The van der Waals surface area contributed by atoms with Crippen LogP contribution in [0.5, 0.6) is 0 Å². The summed E-state index contributed by atoms with van der Waals surface area (Å²) in [4.78, 5) is 18.1. The lowest BCUT2D eigenvalue weighted by atomic mass is 10.2. The van der Waals surface area contributed by atoms with E-state index in [-0.39, 0.29) is 11.1 Å². The van der Waals surface area contributed by atoms with Crippen molar-refractivity contribution in [1.82, 2.24) is 15.2 Å². The standard InChI is InChI=1S/C13H17Cl2N3O2/c14-11-9-17-12(15)8-10(11)13(19)16-2-1-3-18-4-6-20-7-5-18/h8-9H,1-7H2,(H,16,19). The normalized spacial score (nSPS) is 16.1. The van der Waals surface area contributed by atoms with E-state index >= 15 is 0 Å². The van der Waals surface area contributed by atoms with E-state index in [1.54, 1.807) is 0 Å². The number of pyridine rings is 1. The highest BCUT2D eigenvalue weighted by atomic mass is 35.5. The first-order chi connectivity index (χ1) is 9.66. The molecule has 2 rings (SSSR count). The third kappa shape index (κ3) is 4.59. The Bertz CT molecular complexity index is 465. The molecular formula is C13H17Cl2N3O2. The number of carbonyl (C=O) groups excluding carboxylic acids is 1. The molecule has 1 aliphatic rings. The summed E-state index contributed by atoms with van der Waals surface area (Å²) in [5, 5.41) is 3.40. The van der Waals surface area contributed by atoms with Gasteiger partial charge in [0.2, 0.25) is 0 Å². The lowest BCUT2D eigenvalue weighted by molar-refractivity contribution is 0.0374. The Kier molecular flexibility index (Phi) is 6.04. The predicted molar refractivity (Wildman–Crippen MR) is 78.5 cm³/mol. The largest absolute Gasteiger partial charge is 0.379 e. The molecule has 5 nitrogen and oxygen atoms in total. The van der Waals surface area contributed by atoms with E-state index in [0.29, 0.717) is 17.1 Å². The minimum absolute atomic E-state index is 0.221. The molecule has 1 aromatic heterocycles. The lowest BCUT2D eigenvalue weighted by Gasteiger charge is -2.26. The second-order valence-electron chi connectivity index (χ2n) is 4.55. The first-order valence-corrected chi connectivity index (χ1v) is 7.32. The number of hydrogen-bond acceptors (Lipinski definition) is 4. The molecule has 0 bridgehead atoms. The summed E-state index contributed by atoms with van der Waals surface area (Å²) in [5.41, 5.74) is 0.359. The minimum Gasteiger partial charge on any atom is -0.379 e. The van der Waals surface area contributed by atoms with Crippen molar-refractivity contribution >= 4 is 29.1 Å². The zero-order valence-electron chi connectivity index (χ0n) is 11.1. The van der Waals surface area contributed by atoms with Gasteiger partial charge in [-0.25, -0.2) is 4.98 Å². The van der Waals surface area contributed by atoms with Crippen LogP contribution in [0.4, 0.5) is 0 Å². The van der Waals surface area contributed by atoms with E-state index < -0.39 is 0 Å². The molecule has 1 aromatic rings. The summed E-state index contributed by atoms with van der Waals surface area (Å²) in [7, 11) is 0. The van der Waals surface area contributed by atoms with Gasteiger partial charge in [0.15, 0.2) is 0 Å². The molecule has 1 aliphatic heterocycles. The fourth-order valence-electron chi connectivity index (χ4n) is 2.01. The smallest absolute Gasteiger partial charge is 0.252 e. The summed E-state index contributed by atoms with van der Waals surface area (Å²) in [5.74, 6) is -0.221. The van der Waals surface area contributed by atoms with Gasteiger partial charge in [0.05, 0.1) is 23.8 Å². The molecule has 0 radical (unpaired) electrons. The maximum atomic E-state index is 12.0. The van der Waals surface area contributed by atoms with Crippen LogP contribution in [0.25, 0.3) is 0 Å². The molecule has 0 atom stereocenters. The van der Waals surface area contributed by atoms with Gasteiger partial charge in [0.1, 0.15) is 5.15 Å². The lowest BCUT2D eigenvalue weighted by Crippen LogP contribution is -2.38. The summed E-state index contributed by atoms with van der Waals surface area (Å²) >= 11 is 11.7. The topological polar surface area (TPSA) is 54.5 Å². The number of nitrogens with one attached hydrogen (secondary N) is 1. The van der Waals surface area contributed by atoms with Crippen molar-refractivity contribution in [1.29, 1.82) is 0 Å². The molecule has 1 amide bonds. The van der Waals surface area contributed by atoms with E-state index in [1.165, 1.54) is 12.3 Å². The molecular weight excluding hydrogens is 301 g/mol. The number of morpholine rings is 1.